The molecule has 190 valence electrons. The zero-order valence-corrected chi connectivity index (χ0v) is 22.1. The molecule has 4 heterocycles. The van der Waals surface area contributed by atoms with Gasteiger partial charge in [-0.2, -0.15) is 0 Å². The monoisotopic (exact) mass is 516 g/mol. The molecule has 0 N–H and O–H groups in total. The number of hydrogen-bond donors (Lipinski definition) is 0. The van der Waals surface area contributed by atoms with Gasteiger partial charge in [0, 0.05) is 21.9 Å². The van der Waals surface area contributed by atoms with Gasteiger partial charge in [-0.1, -0.05) is 74.5 Å². The maximum atomic E-state index is 13.7. The second kappa shape index (κ2) is 7.27. The van der Waals surface area contributed by atoms with E-state index in [1.807, 2.05) is 42.5 Å². The van der Waals surface area contributed by atoms with Crippen LogP contribution in [-0.4, -0.2) is 18.5 Å². The molecule has 0 saturated heterocycles. The van der Waals surface area contributed by atoms with Crippen LogP contribution in [0.4, 0.5) is 0 Å². The molecule has 0 aliphatic carbocycles. The quantitative estimate of drug-likeness (QED) is 0.226. The Morgan fingerprint density at radius 1 is 0.625 bits per heavy atom. The topological polar surface area (TPSA) is 44.2 Å². The van der Waals surface area contributed by atoms with Gasteiger partial charge in [-0.25, -0.2) is 9.38 Å². The minimum atomic E-state index is -0.109. The van der Waals surface area contributed by atoms with E-state index in [9.17, 15) is 4.79 Å². The molecule has 5 nitrogen and oxygen atoms in total. The fourth-order valence-corrected chi connectivity index (χ4v) is 6.99. The summed E-state index contributed by atoms with van der Waals surface area (Å²) in [5.41, 5.74) is 9.63. The summed E-state index contributed by atoms with van der Waals surface area (Å²) in [5.74, 6) is 0.615. The van der Waals surface area contributed by atoms with Crippen molar-refractivity contribution >= 4 is 49.5 Å². The highest BCUT2D eigenvalue weighted by atomic mass is 16.1. The Morgan fingerprint density at radius 3 is 2.25 bits per heavy atom. The highest BCUT2D eigenvalue weighted by molar-refractivity contribution is 6.12. The second-order valence-electron chi connectivity index (χ2n) is 11.3. The predicted molar refractivity (Wildman–Crippen MR) is 162 cm³/mol. The minimum Gasteiger partial charge on any atom is -0.309 e. The van der Waals surface area contributed by atoms with E-state index in [1.54, 1.807) is 4.40 Å². The molecular weight excluding hydrogens is 492 g/mol. The third-order valence-corrected chi connectivity index (χ3v) is 8.84. The van der Waals surface area contributed by atoms with Crippen LogP contribution in [0.3, 0.4) is 0 Å². The number of benzene rings is 5. The molecule has 1 aliphatic heterocycles. The molecule has 0 fully saturated rings. The molecule has 40 heavy (non-hydrogen) atoms. The molecule has 5 heteroatoms. The summed E-state index contributed by atoms with van der Waals surface area (Å²) in [6.07, 6.45) is 0. The lowest BCUT2D eigenvalue weighted by molar-refractivity contribution is 0.630. The van der Waals surface area contributed by atoms with Crippen LogP contribution >= 0.6 is 0 Å². The lowest BCUT2D eigenvalue weighted by Crippen LogP contribution is -2.26. The summed E-state index contributed by atoms with van der Waals surface area (Å²) in [6, 6.07) is 37.7. The number of imidazole rings is 1. The van der Waals surface area contributed by atoms with Gasteiger partial charge in [-0.3, -0.25) is 9.36 Å². The van der Waals surface area contributed by atoms with E-state index < -0.39 is 0 Å². The third kappa shape index (κ3) is 2.52. The fourth-order valence-electron chi connectivity index (χ4n) is 6.99. The van der Waals surface area contributed by atoms with Crippen LogP contribution in [0.5, 0.6) is 0 Å². The Bertz CT molecular complexity index is 2440. The molecular formula is C35H24N4O. The van der Waals surface area contributed by atoms with Crippen LogP contribution in [0.25, 0.3) is 60.9 Å². The number of rotatable bonds is 1. The van der Waals surface area contributed by atoms with Gasteiger partial charge in [0.2, 0.25) is 5.78 Å². The Hall–Kier alpha value is -5.16. The summed E-state index contributed by atoms with van der Waals surface area (Å²) in [4.78, 5) is 18.7. The van der Waals surface area contributed by atoms with Crippen molar-refractivity contribution in [2.24, 2.45) is 0 Å². The van der Waals surface area contributed by atoms with Crippen LogP contribution in [0, 0.1) is 0 Å². The molecule has 9 rings (SSSR count). The molecule has 0 amide bonds. The maximum Gasteiger partial charge on any atom is 0.267 e. The van der Waals surface area contributed by atoms with Crippen LogP contribution in [0.1, 0.15) is 25.0 Å². The SMILES string of the molecule is CC1(C)c2ccccc2-n2c3ccc(-n4c5ccccc5n5c(=O)c6ccccc6nc45)cc3c3cccc1c32. The van der Waals surface area contributed by atoms with E-state index in [0.717, 1.165) is 16.7 Å². The Balaban J connectivity index is 1.43. The molecule has 0 unspecified atom stereocenters. The first-order chi connectivity index (χ1) is 19.5. The molecule has 0 spiro atoms. The molecule has 0 radical (unpaired) electrons. The fraction of sp³-hybridized carbons (Fsp3) is 0.0857. The minimum absolute atomic E-state index is 0.0531. The number of hydrogen-bond acceptors (Lipinski definition) is 2. The first-order valence-corrected chi connectivity index (χ1v) is 13.6. The summed E-state index contributed by atoms with van der Waals surface area (Å²) in [5, 5.41) is 3.03. The van der Waals surface area contributed by atoms with Crippen molar-refractivity contribution in [2.75, 3.05) is 0 Å². The van der Waals surface area contributed by atoms with E-state index in [0.29, 0.717) is 16.7 Å². The lowest BCUT2D eigenvalue weighted by atomic mass is 9.75. The Labute approximate surface area is 229 Å². The zero-order valence-electron chi connectivity index (χ0n) is 22.1. The van der Waals surface area contributed by atoms with Gasteiger partial charge in [0.1, 0.15) is 0 Å². The number of aromatic nitrogens is 4. The van der Waals surface area contributed by atoms with Crippen molar-refractivity contribution in [1.82, 2.24) is 18.5 Å². The average molecular weight is 517 g/mol. The summed E-state index contributed by atoms with van der Waals surface area (Å²) >= 11 is 0. The van der Waals surface area contributed by atoms with Gasteiger partial charge in [0.05, 0.1) is 38.7 Å². The lowest BCUT2D eigenvalue weighted by Gasteiger charge is -2.34. The van der Waals surface area contributed by atoms with Crippen LogP contribution in [0.15, 0.2) is 114 Å². The van der Waals surface area contributed by atoms with E-state index in [-0.39, 0.29) is 11.0 Å². The van der Waals surface area contributed by atoms with Gasteiger partial charge >= 0.3 is 0 Å². The Kier molecular flexibility index (Phi) is 3.95. The predicted octanol–water partition coefficient (Wildman–Crippen LogP) is 7.53. The largest absolute Gasteiger partial charge is 0.309 e. The van der Waals surface area contributed by atoms with Gasteiger partial charge in [-0.05, 0) is 59.7 Å². The van der Waals surface area contributed by atoms with Gasteiger partial charge < -0.3 is 4.57 Å². The summed E-state index contributed by atoms with van der Waals surface area (Å²) < 4.78 is 6.29. The van der Waals surface area contributed by atoms with E-state index >= 15 is 0 Å². The maximum absolute atomic E-state index is 13.7. The van der Waals surface area contributed by atoms with Crippen LogP contribution < -0.4 is 5.56 Å². The summed E-state index contributed by atoms with van der Waals surface area (Å²) in [7, 11) is 0. The molecule has 0 bridgehead atoms. The smallest absolute Gasteiger partial charge is 0.267 e. The van der Waals surface area contributed by atoms with Crippen LogP contribution in [0.2, 0.25) is 0 Å². The average Bonchev–Trinajstić information content (AvgIpc) is 3.49. The van der Waals surface area contributed by atoms with Gasteiger partial charge in [-0.15, -0.1) is 0 Å². The van der Waals surface area contributed by atoms with Crippen molar-refractivity contribution in [3.63, 3.8) is 0 Å². The molecule has 8 aromatic rings. The van der Waals surface area contributed by atoms with Crippen molar-refractivity contribution in [1.29, 1.82) is 0 Å². The molecule has 5 aromatic carbocycles. The van der Waals surface area contributed by atoms with Gasteiger partial charge in [0.25, 0.3) is 5.56 Å². The van der Waals surface area contributed by atoms with E-state index in [4.69, 9.17) is 4.98 Å². The van der Waals surface area contributed by atoms with E-state index in [1.165, 1.54) is 38.6 Å². The summed E-state index contributed by atoms with van der Waals surface area (Å²) in [6.45, 7) is 4.64. The van der Waals surface area contributed by atoms with Crippen molar-refractivity contribution < 1.29 is 0 Å². The second-order valence-corrected chi connectivity index (χ2v) is 11.3. The molecule has 3 aromatic heterocycles. The first kappa shape index (κ1) is 21.7. The first-order valence-electron chi connectivity index (χ1n) is 13.6. The number of para-hydroxylation sites is 5. The van der Waals surface area contributed by atoms with Crippen LogP contribution in [-0.2, 0) is 5.41 Å². The normalized spacial score (nSPS) is 14.1. The van der Waals surface area contributed by atoms with E-state index in [2.05, 4.69) is 89.7 Å². The standard InChI is InChI=1S/C35H24N4O/c1-35(2)25-12-4-6-15-29(25)38-28-19-18-21(20-24(28)22-11-9-13-26(35)32(22)38)37-30-16-7-8-17-31(30)39-33(40)23-10-3-5-14-27(23)36-34(37)39/h3-20H,1-2H3. The van der Waals surface area contributed by atoms with Crippen molar-refractivity contribution in [3.8, 4) is 11.4 Å². The highest BCUT2D eigenvalue weighted by Crippen LogP contribution is 2.47. The zero-order chi connectivity index (χ0) is 26.7. The molecule has 0 atom stereocenters. The highest BCUT2D eigenvalue weighted by Gasteiger charge is 2.34. The molecule has 0 saturated carbocycles. The van der Waals surface area contributed by atoms with Crippen molar-refractivity contribution in [3.05, 3.63) is 131 Å². The van der Waals surface area contributed by atoms with Gasteiger partial charge in [0.15, 0.2) is 0 Å². The molecule has 1 aliphatic rings. The third-order valence-electron chi connectivity index (χ3n) is 8.84. The Morgan fingerprint density at radius 2 is 1.35 bits per heavy atom. The van der Waals surface area contributed by atoms with Crippen molar-refractivity contribution in [2.45, 2.75) is 19.3 Å². The number of nitrogens with zero attached hydrogens (tertiary/aromatic N) is 4. The number of fused-ring (bicyclic) bond motifs is 9.